The number of carbonyl (C=O) groups excluding carboxylic acids is 1. The summed E-state index contributed by atoms with van der Waals surface area (Å²) in [5.74, 6) is -0.365. The van der Waals surface area contributed by atoms with Crippen LogP contribution in [0.5, 0.6) is 0 Å². The molecule has 0 fully saturated rings. The summed E-state index contributed by atoms with van der Waals surface area (Å²) in [5, 5.41) is 12.8. The van der Waals surface area contributed by atoms with Gasteiger partial charge < -0.3 is 20.3 Å². The van der Waals surface area contributed by atoms with Crippen molar-refractivity contribution < 1.29 is 14.2 Å². The second kappa shape index (κ2) is 12.1. The van der Waals surface area contributed by atoms with Crippen molar-refractivity contribution in [3.63, 3.8) is 0 Å². The molecule has 0 aliphatic carbocycles. The smallest absolute Gasteiger partial charge is 0.338 e. The number of unbranched alkanes of at least 4 members (excludes halogenated alkanes) is 2. The minimum absolute atomic E-state index is 0. The van der Waals surface area contributed by atoms with E-state index >= 15 is 0 Å². The van der Waals surface area contributed by atoms with E-state index < -0.39 is 0 Å². The van der Waals surface area contributed by atoms with E-state index in [4.69, 9.17) is 10.5 Å². The van der Waals surface area contributed by atoms with Gasteiger partial charge in [0, 0.05) is 12.1 Å². The van der Waals surface area contributed by atoms with Crippen molar-refractivity contribution in [2.45, 2.75) is 46.0 Å². The summed E-state index contributed by atoms with van der Waals surface area (Å²) in [7, 11) is 0. The molecule has 0 saturated carbocycles. The summed E-state index contributed by atoms with van der Waals surface area (Å²) in [6.07, 6.45) is 4.54. The second-order valence-electron chi connectivity index (χ2n) is 6.05. The van der Waals surface area contributed by atoms with E-state index in [0.29, 0.717) is 37.3 Å². The van der Waals surface area contributed by atoms with Gasteiger partial charge in [-0.25, -0.2) is 4.79 Å². The van der Waals surface area contributed by atoms with Gasteiger partial charge in [0.05, 0.1) is 31.8 Å². The first-order valence-corrected chi connectivity index (χ1v) is 8.60. The van der Waals surface area contributed by atoms with Gasteiger partial charge in [0.1, 0.15) is 0 Å². The minimum Gasteiger partial charge on any atom is -0.633 e. The third kappa shape index (κ3) is 8.52. The number of hydrogen-bond donors (Lipinski definition) is 1. The lowest BCUT2D eigenvalue weighted by Crippen LogP contribution is -2.44. The highest BCUT2D eigenvalue weighted by Gasteiger charge is 2.16. The molecule has 0 aliphatic rings. The molecule has 1 rings (SSSR count). The zero-order valence-corrected chi connectivity index (χ0v) is 15.6. The monoisotopic (exact) mass is 358 g/mol. The van der Waals surface area contributed by atoms with Crippen LogP contribution in [-0.4, -0.2) is 36.9 Å². The fourth-order valence-electron chi connectivity index (χ4n) is 2.45. The predicted octanol–water partition coefficient (Wildman–Crippen LogP) is 4.15. The number of benzene rings is 1. The quantitative estimate of drug-likeness (QED) is 0.212. The number of carbonyl (C=O) groups is 1. The summed E-state index contributed by atoms with van der Waals surface area (Å²) in [5.41, 5.74) is 6.69. The molecule has 0 amide bonds. The third-order valence-electron chi connectivity index (χ3n) is 3.93. The first kappa shape index (κ1) is 22.7. The zero-order chi connectivity index (χ0) is 17.1. The number of ether oxygens (including phenoxy) is 1. The van der Waals surface area contributed by atoms with E-state index in [2.05, 4.69) is 13.8 Å². The largest absolute Gasteiger partial charge is 0.633 e. The average Bonchev–Trinajstić information content (AvgIpc) is 2.56. The third-order valence-corrected chi connectivity index (χ3v) is 3.93. The van der Waals surface area contributed by atoms with Crippen LogP contribution in [0.3, 0.4) is 0 Å². The van der Waals surface area contributed by atoms with E-state index in [1.54, 1.807) is 24.3 Å². The van der Waals surface area contributed by atoms with Crippen LogP contribution in [-0.2, 0) is 4.74 Å². The molecule has 6 heteroatoms. The van der Waals surface area contributed by atoms with Crippen molar-refractivity contribution in [3.8, 4) is 0 Å². The summed E-state index contributed by atoms with van der Waals surface area (Å²) in [6, 6.07) is 6.64. The van der Waals surface area contributed by atoms with E-state index in [1.165, 1.54) is 0 Å². The molecular formula is C18H31ClN2O3. The Balaban J connectivity index is 0.00000529. The van der Waals surface area contributed by atoms with Crippen LogP contribution in [0.2, 0.25) is 0 Å². The molecule has 0 aliphatic heterocycles. The van der Waals surface area contributed by atoms with Crippen LogP contribution in [0, 0.1) is 5.21 Å². The van der Waals surface area contributed by atoms with Gasteiger partial charge in [0.25, 0.3) is 0 Å². The number of quaternary nitrogens is 1. The van der Waals surface area contributed by atoms with Crippen molar-refractivity contribution >= 4 is 24.1 Å². The van der Waals surface area contributed by atoms with Crippen molar-refractivity contribution in [2.75, 3.05) is 32.0 Å². The number of nitrogens with zero attached hydrogens (tertiary/aromatic N) is 1. The lowest BCUT2D eigenvalue weighted by molar-refractivity contribution is -0.881. The number of nitrogens with two attached hydrogens (primary N) is 1. The Kier molecular flexibility index (Phi) is 11.5. The summed E-state index contributed by atoms with van der Waals surface area (Å²) < 4.78 is 5.08. The Bertz CT molecular complexity index is 458. The molecule has 1 aromatic carbocycles. The number of anilines is 1. The van der Waals surface area contributed by atoms with Gasteiger partial charge in [0.2, 0.25) is 0 Å². The van der Waals surface area contributed by atoms with E-state index in [1.807, 2.05) is 0 Å². The van der Waals surface area contributed by atoms with Gasteiger partial charge in [-0.05, 0) is 37.1 Å². The van der Waals surface area contributed by atoms with Crippen molar-refractivity contribution in [1.29, 1.82) is 0 Å². The molecule has 0 atom stereocenters. The van der Waals surface area contributed by atoms with Gasteiger partial charge in [0.15, 0.2) is 0 Å². The number of esters is 1. The van der Waals surface area contributed by atoms with Crippen LogP contribution in [0.25, 0.3) is 0 Å². The number of hydroxylamine groups is 3. The van der Waals surface area contributed by atoms with Crippen molar-refractivity contribution in [3.05, 3.63) is 35.0 Å². The standard InChI is InChI=1S/C18H30N2O3.ClH/c1-3-5-12-20(22,13-6-4-2)14-7-15-23-18(21)16-8-10-17(19)11-9-16;/h8-11H,3-7,12-15,19H2,1-2H3;1H. The van der Waals surface area contributed by atoms with Crippen LogP contribution in [0.1, 0.15) is 56.3 Å². The summed E-state index contributed by atoms with van der Waals surface area (Å²) in [6.45, 7) is 6.29. The summed E-state index contributed by atoms with van der Waals surface area (Å²) in [4.78, 5) is 11.9. The number of hydrogen-bond acceptors (Lipinski definition) is 4. The first-order valence-electron chi connectivity index (χ1n) is 8.60. The highest BCUT2D eigenvalue weighted by Crippen LogP contribution is 2.12. The van der Waals surface area contributed by atoms with Gasteiger partial charge in [-0.15, -0.1) is 12.4 Å². The van der Waals surface area contributed by atoms with Gasteiger partial charge >= 0.3 is 5.97 Å². The molecule has 0 bridgehead atoms. The lowest BCUT2D eigenvalue weighted by Gasteiger charge is -2.43. The molecule has 2 N–H and O–H groups in total. The van der Waals surface area contributed by atoms with Crippen LogP contribution in [0.15, 0.2) is 24.3 Å². The van der Waals surface area contributed by atoms with Crippen LogP contribution < -0.4 is 5.73 Å². The number of rotatable bonds is 11. The molecule has 0 heterocycles. The SMILES string of the molecule is CCCC[N+]([O-])(CCCC)CCCOC(=O)c1ccc(N)cc1.Cl. The Hall–Kier alpha value is -1.30. The highest BCUT2D eigenvalue weighted by molar-refractivity contribution is 5.89. The normalized spacial score (nSPS) is 11.0. The Morgan fingerprint density at radius 3 is 2.04 bits per heavy atom. The molecule has 0 unspecified atom stereocenters. The molecule has 0 spiro atoms. The van der Waals surface area contributed by atoms with E-state index in [-0.39, 0.29) is 29.6 Å². The second-order valence-corrected chi connectivity index (χ2v) is 6.05. The average molecular weight is 359 g/mol. The predicted molar refractivity (Wildman–Crippen MR) is 101 cm³/mol. The molecule has 0 aromatic heterocycles. The van der Waals surface area contributed by atoms with Gasteiger partial charge in [-0.2, -0.15) is 0 Å². The maximum Gasteiger partial charge on any atom is 0.338 e. The molecule has 0 radical (unpaired) electrons. The molecule has 1 aromatic rings. The molecule has 138 valence electrons. The van der Waals surface area contributed by atoms with Crippen LogP contribution >= 0.6 is 12.4 Å². The molecular weight excluding hydrogens is 328 g/mol. The van der Waals surface area contributed by atoms with Gasteiger partial charge in [-0.1, -0.05) is 26.7 Å². The maximum atomic E-state index is 12.8. The van der Waals surface area contributed by atoms with Crippen molar-refractivity contribution in [1.82, 2.24) is 0 Å². The maximum absolute atomic E-state index is 12.8. The zero-order valence-electron chi connectivity index (χ0n) is 14.8. The van der Waals surface area contributed by atoms with E-state index in [0.717, 1.165) is 25.7 Å². The number of nitrogen functional groups attached to an aromatic ring is 1. The van der Waals surface area contributed by atoms with E-state index in [9.17, 15) is 10.0 Å². The topological polar surface area (TPSA) is 75.4 Å². The Morgan fingerprint density at radius 1 is 1.04 bits per heavy atom. The molecule has 0 saturated heterocycles. The van der Waals surface area contributed by atoms with Gasteiger partial charge in [-0.3, -0.25) is 0 Å². The fourth-order valence-corrected chi connectivity index (χ4v) is 2.45. The first-order chi connectivity index (χ1) is 11.0. The number of halogens is 1. The molecule has 24 heavy (non-hydrogen) atoms. The fraction of sp³-hybridized carbons (Fsp3) is 0.611. The van der Waals surface area contributed by atoms with Crippen LogP contribution in [0.4, 0.5) is 5.69 Å². The molecule has 5 nitrogen and oxygen atoms in total. The van der Waals surface area contributed by atoms with Crippen molar-refractivity contribution in [2.24, 2.45) is 0 Å². The highest BCUT2D eigenvalue weighted by atomic mass is 35.5. The lowest BCUT2D eigenvalue weighted by atomic mass is 10.2. The minimum atomic E-state index is -0.365. The Labute approximate surface area is 151 Å². The Morgan fingerprint density at radius 2 is 1.54 bits per heavy atom. The summed E-state index contributed by atoms with van der Waals surface area (Å²) >= 11 is 0.